The van der Waals surface area contributed by atoms with Crippen LogP contribution in [-0.4, -0.2) is 25.7 Å². The van der Waals surface area contributed by atoms with Crippen molar-refractivity contribution in [2.75, 3.05) is 25.5 Å². The molecule has 0 aromatic heterocycles. The standard InChI is InChI=1S/C13H17ClN2O2/c14-10-3-4-12(15)11(6-10)13(17)16-7-9-2-1-5-18-8-9/h3-4,6,9H,1-2,5,7-8,15H2,(H,16,17). The van der Waals surface area contributed by atoms with Crippen molar-refractivity contribution in [2.24, 2.45) is 5.92 Å². The lowest BCUT2D eigenvalue weighted by Gasteiger charge is -2.22. The fourth-order valence-electron chi connectivity index (χ4n) is 2.03. The number of hydrogen-bond acceptors (Lipinski definition) is 3. The van der Waals surface area contributed by atoms with Crippen molar-refractivity contribution in [2.45, 2.75) is 12.8 Å². The molecule has 18 heavy (non-hydrogen) atoms. The highest BCUT2D eigenvalue weighted by Gasteiger charge is 2.16. The minimum Gasteiger partial charge on any atom is -0.398 e. The van der Waals surface area contributed by atoms with E-state index in [1.54, 1.807) is 18.2 Å². The van der Waals surface area contributed by atoms with Crippen molar-refractivity contribution in [3.05, 3.63) is 28.8 Å². The molecular formula is C13H17ClN2O2. The maximum atomic E-state index is 12.0. The van der Waals surface area contributed by atoms with Gasteiger partial charge in [-0.3, -0.25) is 4.79 Å². The molecular weight excluding hydrogens is 252 g/mol. The first-order chi connectivity index (χ1) is 8.66. The smallest absolute Gasteiger partial charge is 0.253 e. The minimum atomic E-state index is -0.180. The fourth-order valence-corrected chi connectivity index (χ4v) is 2.20. The fraction of sp³-hybridized carbons (Fsp3) is 0.462. The van der Waals surface area contributed by atoms with Gasteiger partial charge in [-0.15, -0.1) is 0 Å². The van der Waals surface area contributed by atoms with Crippen molar-refractivity contribution < 1.29 is 9.53 Å². The number of halogens is 1. The highest BCUT2D eigenvalue weighted by Crippen LogP contribution is 2.18. The first-order valence-electron chi connectivity index (χ1n) is 6.08. The van der Waals surface area contributed by atoms with Gasteiger partial charge in [0.15, 0.2) is 0 Å². The van der Waals surface area contributed by atoms with Crippen LogP contribution in [0.25, 0.3) is 0 Å². The zero-order chi connectivity index (χ0) is 13.0. The molecule has 1 saturated heterocycles. The van der Waals surface area contributed by atoms with Crippen LogP contribution in [0.5, 0.6) is 0 Å². The number of nitrogen functional groups attached to an aromatic ring is 1. The number of anilines is 1. The Labute approximate surface area is 111 Å². The van der Waals surface area contributed by atoms with Crippen LogP contribution in [0.1, 0.15) is 23.2 Å². The van der Waals surface area contributed by atoms with Gasteiger partial charge < -0.3 is 15.8 Å². The summed E-state index contributed by atoms with van der Waals surface area (Å²) < 4.78 is 5.37. The van der Waals surface area contributed by atoms with Crippen molar-refractivity contribution in [3.8, 4) is 0 Å². The van der Waals surface area contributed by atoms with Crippen LogP contribution in [0.3, 0.4) is 0 Å². The average molecular weight is 269 g/mol. The van der Waals surface area contributed by atoms with E-state index in [1.165, 1.54) is 0 Å². The van der Waals surface area contributed by atoms with Gasteiger partial charge in [-0.2, -0.15) is 0 Å². The number of carbonyl (C=O) groups is 1. The second-order valence-corrected chi connectivity index (χ2v) is 4.96. The molecule has 0 radical (unpaired) electrons. The maximum absolute atomic E-state index is 12.0. The summed E-state index contributed by atoms with van der Waals surface area (Å²) in [7, 11) is 0. The average Bonchev–Trinajstić information content (AvgIpc) is 2.40. The molecule has 1 unspecified atom stereocenters. The lowest BCUT2D eigenvalue weighted by atomic mass is 10.0. The van der Waals surface area contributed by atoms with Crippen LogP contribution in [0, 0.1) is 5.92 Å². The van der Waals surface area contributed by atoms with E-state index in [-0.39, 0.29) is 5.91 Å². The molecule has 1 aromatic rings. The SMILES string of the molecule is Nc1ccc(Cl)cc1C(=O)NCC1CCCOC1. The molecule has 1 fully saturated rings. The number of rotatable bonds is 3. The highest BCUT2D eigenvalue weighted by atomic mass is 35.5. The van der Waals surface area contributed by atoms with Crippen molar-refractivity contribution in [1.82, 2.24) is 5.32 Å². The molecule has 5 heteroatoms. The number of hydrogen-bond donors (Lipinski definition) is 2. The first kappa shape index (κ1) is 13.2. The van der Waals surface area contributed by atoms with Gasteiger partial charge in [0.05, 0.1) is 12.2 Å². The number of amides is 1. The Morgan fingerprint density at radius 3 is 3.11 bits per heavy atom. The summed E-state index contributed by atoms with van der Waals surface area (Å²) in [5, 5.41) is 3.39. The Hall–Kier alpha value is -1.26. The van der Waals surface area contributed by atoms with Crippen molar-refractivity contribution in [1.29, 1.82) is 0 Å². The lowest BCUT2D eigenvalue weighted by Crippen LogP contribution is -2.33. The molecule has 1 amide bonds. The summed E-state index contributed by atoms with van der Waals surface area (Å²) in [5.74, 6) is 0.212. The van der Waals surface area contributed by atoms with Gasteiger partial charge in [0.2, 0.25) is 0 Å². The van der Waals surface area contributed by atoms with Gasteiger partial charge in [0.25, 0.3) is 5.91 Å². The number of nitrogens with two attached hydrogens (primary N) is 1. The molecule has 1 aliphatic rings. The zero-order valence-corrected chi connectivity index (χ0v) is 10.9. The number of nitrogens with one attached hydrogen (secondary N) is 1. The maximum Gasteiger partial charge on any atom is 0.253 e. The third-order valence-corrected chi connectivity index (χ3v) is 3.30. The van der Waals surface area contributed by atoms with E-state index in [4.69, 9.17) is 22.1 Å². The summed E-state index contributed by atoms with van der Waals surface area (Å²) in [6.45, 7) is 2.15. The van der Waals surface area contributed by atoms with Gasteiger partial charge in [-0.1, -0.05) is 11.6 Å². The summed E-state index contributed by atoms with van der Waals surface area (Å²) in [6.07, 6.45) is 2.14. The molecule has 0 spiro atoms. The third kappa shape index (κ3) is 3.37. The van der Waals surface area contributed by atoms with Crippen LogP contribution in [0.4, 0.5) is 5.69 Å². The second-order valence-electron chi connectivity index (χ2n) is 4.52. The Morgan fingerprint density at radius 2 is 2.39 bits per heavy atom. The molecule has 0 aliphatic carbocycles. The van der Waals surface area contributed by atoms with Crippen LogP contribution >= 0.6 is 11.6 Å². The largest absolute Gasteiger partial charge is 0.398 e. The van der Waals surface area contributed by atoms with Crippen LogP contribution in [0.15, 0.2) is 18.2 Å². The Morgan fingerprint density at radius 1 is 1.56 bits per heavy atom. The van der Waals surface area contributed by atoms with Gasteiger partial charge in [0.1, 0.15) is 0 Å². The molecule has 98 valence electrons. The van der Waals surface area contributed by atoms with E-state index in [0.717, 1.165) is 19.4 Å². The van der Waals surface area contributed by atoms with Crippen molar-refractivity contribution >= 4 is 23.2 Å². The van der Waals surface area contributed by atoms with Gasteiger partial charge in [-0.05, 0) is 37.0 Å². The number of carbonyl (C=O) groups excluding carboxylic acids is 1. The summed E-state index contributed by atoms with van der Waals surface area (Å²) in [5.41, 5.74) is 6.63. The Balaban J connectivity index is 1.92. The monoisotopic (exact) mass is 268 g/mol. The quantitative estimate of drug-likeness (QED) is 0.825. The van der Waals surface area contributed by atoms with E-state index in [1.807, 2.05) is 0 Å². The minimum absolute atomic E-state index is 0.180. The summed E-state index contributed by atoms with van der Waals surface area (Å²) in [6, 6.07) is 4.90. The van der Waals surface area contributed by atoms with E-state index < -0.39 is 0 Å². The van der Waals surface area contributed by atoms with Crippen LogP contribution in [0.2, 0.25) is 5.02 Å². The second kappa shape index (κ2) is 6.07. The molecule has 1 aliphatic heterocycles. The van der Waals surface area contributed by atoms with E-state index in [2.05, 4.69) is 5.32 Å². The third-order valence-electron chi connectivity index (χ3n) is 3.07. The van der Waals surface area contributed by atoms with Gasteiger partial charge >= 0.3 is 0 Å². The normalized spacial score (nSPS) is 19.5. The summed E-state index contributed by atoms with van der Waals surface area (Å²) in [4.78, 5) is 12.0. The molecule has 3 N–H and O–H groups in total. The van der Waals surface area contributed by atoms with Gasteiger partial charge in [0, 0.05) is 23.9 Å². The molecule has 1 heterocycles. The van der Waals surface area contributed by atoms with Crippen molar-refractivity contribution in [3.63, 3.8) is 0 Å². The van der Waals surface area contributed by atoms with E-state index in [0.29, 0.717) is 35.3 Å². The van der Waals surface area contributed by atoms with Gasteiger partial charge in [-0.25, -0.2) is 0 Å². The number of ether oxygens (including phenoxy) is 1. The molecule has 2 rings (SSSR count). The summed E-state index contributed by atoms with van der Waals surface area (Å²) >= 11 is 5.85. The first-order valence-corrected chi connectivity index (χ1v) is 6.45. The molecule has 1 atom stereocenters. The Bertz CT molecular complexity index is 431. The highest BCUT2D eigenvalue weighted by molar-refractivity contribution is 6.31. The molecule has 1 aromatic carbocycles. The number of benzene rings is 1. The topological polar surface area (TPSA) is 64.4 Å². The molecule has 0 bridgehead atoms. The predicted octanol–water partition coefficient (Wildman–Crippen LogP) is 2.08. The lowest BCUT2D eigenvalue weighted by molar-refractivity contribution is 0.0536. The van der Waals surface area contributed by atoms with E-state index in [9.17, 15) is 4.79 Å². The molecule has 0 saturated carbocycles. The molecule has 4 nitrogen and oxygen atoms in total. The predicted molar refractivity (Wildman–Crippen MR) is 71.7 cm³/mol. The Kier molecular flexibility index (Phi) is 4.44. The van der Waals surface area contributed by atoms with Crippen LogP contribution in [-0.2, 0) is 4.74 Å². The zero-order valence-electron chi connectivity index (χ0n) is 10.1. The van der Waals surface area contributed by atoms with E-state index >= 15 is 0 Å². The van der Waals surface area contributed by atoms with Crippen LogP contribution < -0.4 is 11.1 Å².